The Hall–Kier alpha value is -0.510. The first-order valence-corrected chi connectivity index (χ1v) is 7.83. The lowest BCUT2D eigenvalue weighted by Gasteiger charge is -2.26. The van der Waals surface area contributed by atoms with Crippen LogP contribution >= 0.6 is 11.8 Å². The van der Waals surface area contributed by atoms with Crippen molar-refractivity contribution < 1.29 is 0 Å². The summed E-state index contributed by atoms with van der Waals surface area (Å²) in [6.45, 7) is 4.22. The monoisotopic (exact) mass is 264 g/mol. The van der Waals surface area contributed by atoms with Crippen molar-refractivity contribution in [3.05, 3.63) is 29.3 Å². The smallest absolute Gasteiger partial charge is 0.0466 e. The summed E-state index contributed by atoms with van der Waals surface area (Å²) in [5, 5.41) is 3.46. The Kier molecular flexibility index (Phi) is 5.10. The molecule has 0 bridgehead atoms. The minimum Gasteiger partial charge on any atom is -0.315 e. The summed E-state index contributed by atoms with van der Waals surface area (Å²) >= 11 is 2.01. The van der Waals surface area contributed by atoms with Gasteiger partial charge in [-0.3, -0.25) is 0 Å². The number of hydrogen-bond acceptors (Lipinski definition) is 3. The Morgan fingerprint density at radius 1 is 1.39 bits per heavy atom. The van der Waals surface area contributed by atoms with Gasteiger partial charge in [0.05, 0.1) is 0 Å². The van der Waals surface area contributed by atoms with E-state index in [1.165, 1.54) is 29.1 Å². The zero-order valence-corrected chi connectivity index (χ0v) is 12.5. The number of likely N-dealkylation sites (N-methyl/N-ethyl adjacent to an activating group) is 2. The van der Waals surface area contributed by atoms with Gasteiger partial charge in [0.25, 0.3) is 0 Å². The summed E-state index contributed by atoms with van der Waals surface area (Å²) in [6, 6.07) is 7.52. The average molecular weight is 264 g/mol. The maximum Gasteiger partial charge on any atom is 0.0466 e. The van der Waals surface area contributed by atoms with Gasteiger partial charge >= 0.3 is 0 Å². The van der Waals surface area contributed by atoms with Gasteiger partial charge in [-0.2, -0.15) is 0 Å². The second kappa shape index (κ2) is 6.60. The first kappa shape index (κ1) is 13.9. The van der Waals surface area contributed by atoms with Crippen LogP contribution in [0.2, 0.25) is 0 Å². The Balaban J connectivity index is 2.19. The summed E-state index contributed by atoms with van der Waals surface area (Å²) in [6.07, 6.45) is 2.57. The topological polar surface area (TPSA) is 15.3 Å². The van der Waals surface area contributed by atoms with Crippen molar-refractivity contribution in [2.45, 2.75) is 30.7 Å². The lowest BCUT2D eigenvalue weighted by Crippen LogP contribution is -2.31. The molecule has 18 heavy (non-hydrogen) atoms. The van der Waals surface area contributed by atoms with Gasteiger partial charge < -0.3 is 10.2 Å². The third-order valence-corrected chi connectivity index (χ3v) is 4.73. The number of fused-ring (bicyclic) bond motifs is 1. The summed E-state index contributed by atoms with van der Waals surface area (Å²) in [5.74, 6) is 1.28. The maximum atomic E-state index is 3.46. The highest BCUT2D eigenvalue weighted by Gasteiger charge is 2.16. The molecule has 100 valence electrons. The highest BCUT2D eigenvalue weighted by Crippen LogP contribution is 2.32. The van der Waals surface area contributed by atoms with Crippen molar-refractivity contribution in [2.75, 3.05) is 32.9 Å². The molecule has 1 aliphatic heterocycles. The lowest BCUT2D eigenvalue weighted by molar-refractivity contribution is 0.290. The second-order valence-corrected chi connectivity index (χ2v) is 6.24. The average Bonchev–Trinajstić information content (AvgIpc) is 2.38. The Morgan fingerprint density at radius 3 is 2.94 bits per heavy atom. The fraction of sp³-hybridized carbons (Fsp3) is 0.600. The molecule has 0 spiro atoms. The fourth-order valence-electron chi connectivity index (χ4n) is 2.47. The molecule has 2 nitrogen and oxygen atoms in total. The molecule has 0 aromatic heterocycles. The molecule has 0 fully saturated rings. The summed E-state index contributed by atoms with van der Waals surface area (Å²) in [7, 11) is 4.33. The van der Waals surface area contributed by atoms with E-state index >= 15 is 0 Å². The highest BCUT2D eigenvalue weighted by molar-refractivity contribution is 7.99. The predicted molar refractivity (Wildman–Crippen MR) is 80.5 cm³/mol. The molecular formula is C15H24N2S. The molecule has 0 amide bonds. The number of rotatable bonds is 5. The maximum absolute atomic E-state index is 3.46. The quantitative estimate of drug-likeness (QED) is 0.880. The summed E-state index contributed by atoms with van der Waals surface area (Å²) in [5.41, 5.74) is 2.99. The van der Waals surface area contributed by atoms with Crippen LogP contribution in [0, 0.1) is 0 Å². The van der Waals surface area contributed by atoms with Gasteiger partial charge in [-0.15, -0.1) is 11.8 Å². The summed E-state index contributed by atoms with van der Waals surface area (Å²) in [4.78, 5) is 3.80. The Labute approximate surface area is 115 Å². The van der Waals surface area contributed by atoms with Gasteiger partial charge in [0.15, 0.2) is 0 Å². The first-order chi connectivity index (χ1) is 8.72. The number of hydrogen-bond donors (Lipinski definition) is 1. The number of benzene rings is 1. The molecule has 1 N–H and O–H groups in total. The van der Waals surface area contributed by atoms with Crippen molar-refractivity contribution in [1.29, 1.82) is 0 Å². The lowest BCUT2D eigenvalue weighted by atomic mass is 10.0. The third kappa shape index (κ3) is 3.28. The van der Waals surface area contributed by atoms with Crippen molar-refractivity contribution in [1.82, 2.24) is 10.2 Å². The minimum atomic E-state index is 0.474. The number of thioether (sulfide) groups is 1. The van der Waals surface area contributed by atoms with Crippen LogP contribution in [-0.4, -0.2) is 37.8 Å². The van der Waals surface area contributed by atoms with Crippen LogP contribution in [0.1, 0.15) is 30.5 Å². The third-order valence-electron chi connectivity index (χ3n) is 3.53. The van der Waals surface area contributed by atoms with E-state index in [1.54, 1.807) is 5.56 Å². The summed E-state index contributed by atoms with van der Waals surface area (Å²) < 4.78 is 0. The van der Waals surface area contributed by atoms with Crippen molar-refractivity contribution in [3.8, 4) is 0 Å². The van der Waals surface area contributed by atoms with E-state index in [-0.39, 0.29) is 0 Å². The van der Waals surface area contributed by atoms with Crippen molar-refractivity contribution in [2.24, 2.45) is 0 Å². The molecule has 1 aromatic carbocycles. The Bertz CT molecular complexity index is 390. The van der Waals surface area contributed by atoms with E-state index in [0.29, 0.717) is 6.04 Å². The predicted octanol–water partition coefficient (Wildman–Crippen LogP) is 2.94. The van der Waals surface area contributed by atoms with Gasteiger partial charge in [-0.05, 0) is 56.4 Å². The zero-order chi connectivity index (χ0) is 13.0. The number of nitrogens with zero attached hydrogens (tertiary/aromatic N) is 1. The van der Waals surface area contributed by atoms with Crippen LogP contribution in [0.5, 0.6) is 0 Å². The van der Waals surface area contributed by atoms with Crippen LogP contribution in [0.4, 0.5) is 0 Å². The van der Waals surface area contributed by atoms with Gasteiger partial charge in [0.1, 0.15) is 0 Å². The molecular weight excluding hydrogens is 240 g/mol. The van der Waals surface area contributed by atoms with E-state index in [1.807, 2.05) is 11.8 Å². The standard InChI is InChI=1S/C15H24N2S/c1-4-16-11-14(17(2)3)12-7-8-15-13(10-12)6-5-9-18-15/h7-8,10,14,16H,4-6,9,11H2,1-3H3. The van der Waals surface area contributed by atoms with Crippen LogP contribution < -0.4 is 5.32 Å². The van der Waals surface area contributed by atoms with Crippen molar-refractivity contribution in [3.63, 3.8) is 0 Å². The SMILES string of the molecule is CCNCC(c1ccc2c(c1)CCCS2)N(C)C. The molecule has 0 saturated heterocycles. The molecule has 3 heteroatoms. The molecule has 2 rings (SSSR count). The molecule has 0 radical (unpaired) electrons. The van der Waals surface area contributed by atoms with Gasteiger partial charge in [-0.25, -0.2) is 0 Å². The molecule has 0 saturated carbocycles. The molecule has 1 atom stereocenters. The number of nitrogens with one attached hydrogen (secondary N) is 1. The number of aryl methyl sites for hydroxylation is 1. The zero-order valence-electron chi connectivity index (χ0n) is 11.7. The van der Waals surface area contributed by atoms with E-state index in [2.05, 4.69) is 49.4 Å². The molecule has 1 heterocycles. The second-order valence-electron chi connectivity index (χ2n) is 5.11. The van der Waals surface area contributed by atoms with Crippen molar-refractivity contribution >= 4 is 11.8 Å². The van der Waals surface area contributed by atoms with E-state index < -0.39 is 0 Å². The first-order valence-electron chi connectivity index (χ1n) is 6.85. The molecule has 1 unspecified atom stereocenters. The van der Waals surface area contributed by atoms with E-state index in [0.717, 1.165) is 13.1 Å². The minimum absolute atomic E-state index is 0.474. The molecule has 0 aliphatic carbocycles. The van der Waals surface area contributed by atoms with Gasteiger partial charge in [0.2, 0.25) is 0 Å². The Morgan fingerprint density at radius 2 is 2.22 bits per heavy atom. The van der Waals surface area contributed by atoms with E-state index in [9.17, 15) is 0 Å². The fourth-order valence-corrected chi connectivity index (χ4v) is 3.49. The van der Waals surface area contributed by atoms with Crippen LogP contribution in [0.15, 0.2) is 23.1 Å². The van der Waals surface area contributed by atoms with Crippen LogP contribution in [0.25, 0.3) is 0 Å². The van der Waals surface area contributed by atoms with Gasteiger partial charge in [-0.1, -0.05) is 19.1 Å². The normalized spacial score (nSPS) is 16.7. The molecule has 1 aliphatic rings. The highest BCUT2D eigenvalue weighted by atomic mass is 32.2. The molecule has 1 aromatic rings. The largest absolute Gasteiger partial charge is 0.315 e. The van der Waals surface area contributed by atoms with Crippen LogP contribution in [-0.2, 0) is 6.42 Å². The van der Waals surface area contributed by atoms with Crippen LogP contribution in [0.3, 0.4) is 0 Å². The van der Waals surface area contributed by atoms with E-state index in [4.69, 9.17) is 0 Å². The van der Waals surface area contributed by atoms with Gasteiger partial charge in [0, 0.05) is 17.5 Å².